The monoisotopic (exact) mass is 475 g/mol. The smallest absolute Gasteiger partial charge is 0.233 e. The van der Waals surface area contributed by atoms with Gasteiger partial charge >= 0.3 is 0 Å². The highest BCUT2D eigenvalue weighted by Crippen LogP contribution is 2.34. The molecule has 0 spiro atoms. The normalized spacial score (nSPS) is 12.2. The number of thioether (sulfide) groups is 1. The number of hydrogen-bond donors (Lipinski definition) is 0. The molecule has 0 N–H and O–H groups in total. The molecule has 8 heteroatoms. The maximum Gasteiger partial charge on any atom is 0.233 e. The number of carbonyl (C=O) groups excluding carboxylic acids is 1. The van der Waals surface area contributed by atoms with E-state index in [1.165, 1.54) is 23.9 Å². The lowest BCUT2D eigenvalue weighted by atomic mass is 10.1. The predicted octanol–water partition coefficient (Wildman–Crippen LogP) is 5.31. The Balaban J connectivity index is 1.32. The summed E-state index contributed by atoms with van der Waals surface area (Å²) in [5.74, 6) is 1.39. The second-order valence-corrected chi connectivity index (χ2v) is 8.75. The van der Waals surface area contributed by atoms with E-state index in [9.17, 15) is 9.18 Å². The van der Waals surface area contributed by atoms with Crippen molar-refractivity contribution in [1.29, 1.82) is 0 Å². The van der Waals surface area contributed by atoms with Gasteiger partial charge in [0.05, 0.1) is 5.75 Å². The minimum atomic E-state index is -0.298. The molecule has 1 aliphatic rings. The Morgan fingerprint density at radius 1 is 1.00 bits per heavy atom. The summed E-state index contributed by atoms with van der Waals surface area (Å²) in [6.45, 7) is 3.26. The van der Waals surface area contributed by atoms with E-state index in [-0.39, 0.29) is 24.3 Å². The van der Waals surface area contributed by atoms with Crippen LogP contribution in [0, 0.1) is 5.82 Å². The van der Waals surface area contributed by atoms with E-state index in [0.29, 0.717) is 29.6 Å². The maximum atomic E-state index is 13.4. The van der Waals surface area contributed by atoms with Gasteiger partial charge in [0.15, 0.2) is 11.5 Å². The lowest BCUT2D eigenvalue weighted by molar-refractivity contribution is -0.128. The Bertz CT molecular complexity index is 1350. The Labute approximate surface area is 200 Å². The van der Waals surface area contributed by atoms with Crippen LogP contribution in [0.25, 0.3) is 22.0 Å². The predicted molar refractivity (Wildman–Crippen MR) is 129 cm³/mol. The number of ether oxygens (including phenoxy) is 2. The molecule has 0 saturated heterocycles. The molecule has 0 saturated carbocycles. The number of nitrogens with zero attached hydrogens (tertiary/aromatic N) is 3. The second-order valence-electron chi connectivity index (χ2n) is 7.79. The molecular weight excluding hydrogens is 453 g/mol. The van der Waals surface area contributed by atoms with Gasteiger partial charge in [0, 0.05) is 29.4 Å². The Morgan fingerprint density at radius 3 is 2.56 bits per heavy atom. The molecular formula is C26H22FN3O3S. The molecule has 0 atom stereocenters. The Kier molecular flexibility index (Phi) is 6.31. The summed E-state index contributed by atoms with van der Waals surface area (Å²) in [7, 11) is 0. The van der Waals surface area contributed by atoms with Gasteiger partial charge in [-0.3, -0.25) is 4.79 Å². The quantitative estimate of drug-likeness (QED) is 0.338. The van der Waals surface area contributed by atoms with E-state index in [4.69, 9.17) is 9.47 Å². The highest BCUT2D eigenvalue weighted by molar-refractivity contribution is 8.00. The van der Waals surface area contributed by atoms with Crippen molar-refractivity contribution in [3.8, 4) is 22.8 Å². The third-order valence-corrected chi connectivity index (χ3v) is 6.61. The van der Waals surface area contributed by atoms with Crippen molar-refractivity contribution in [3.63, 3.8) is 0 Å². The van der Waals surface area contributed by atoms with Crippen LogP contribution >= 0.6 is 11.8 Å². The topological polar surface area (TPSA) is 64.6 Å². The van der Waals surface area contributed by atoms with Gasteiger partial charge in [-0.25, -0.2) is 4.39 Å². The standard InChI is InChI=1S/C26H22FN3O3S/c1-2-30(14-17-7-12-22-23(13-17)33-16-32-22)24(31)15-34-26-21-6-4-3-5-20(21)25(28-29-26)18-8-10-19(27)11-9-18/h3-13H,2,14-16H2,1H3. The first-order chi connectivity index (χ1) is 16.6. The minimum Gasteiger partial charge on any atom is -0.454 e. The SMILES string of the molecule is CCN(Cc1ccc2c(c1)OCO2)C(=O)CSc1nnc(-c2ccc(F)cc2)c2ccccc12. The number of fused-ring (bicyclic) bond motifs is 2. The molecule has 0 aliphatic carbocycles. The first-order valence-electron chi connectivity index (χ1n) is 10.9. The van der Waals surface area contributed by atoms with Crippen LogP contribution in [0.2, 0.25) is 0 Å². The zero-order chi connectivity index (χ0) is 23.5. The Hall–Kier alpha value is -3.65. The summed E-state index contributed by atoms with van der Waals surface area (Å²) >= 11 is 1.37. The van der Waals surface area contributed by atoms with Crippen LogP contribution < -0.4 is 9.47 Å². The van der Waals surface area contributed by atoms with Crippen molar-refractivity contribution < 1.29 is 18.7 Å². The minimum absolute atomic E-state index is 0.0126. The van der Waals surface area contributed by atoms with Crippen LogP contribution in [-0.2, 0) is 11.3 Å². The number of benzene rings is 3. The highest BCUT2D eigenvalue weighted by Gasteiger charge is 2.18. The summed E-state index contributed by atoms with van der Waals surface area (Å²) in [6, 6.07) is 19.7. The molecule has 5 rings (SSSR count). The Morgan fingerprint density at radius 2 is 1.76 bits per heavy atom. The summed E-state index contributed by atoms with van der Waals surface area (Å²) in [4.78, 5) is 14.8. The first kappa shape index (κ1) is 22.2. The largest absolute Gasteiger partial charge is 0.454 e. The molecule has 1 aliphatic heterocycles. The molecule has 1 aromatic heterocycles. The van der Waals surface area contributed by atoms with Crippen LogP contribution in [0.1, 0.15) is 12.5 Å². The number of rotatable bonds is 7. The van der Waals surface area contributed by atoms with Gasteiger partial charge in [-0.15, -0.1) is 10.2 Å². The van der Waals surface area contributed by atoms with Crippen molar-refractivity contribution >= 4 is 28.4 Å². The lowest BCUT2D eigenvalue weighted by Crippen LogP contribution is -2.31. The van der Waals surface area contributed by atoms with E-state index >= 15 is 0 Å². The summed E-state index contributed by atoms with van der Waals surface area (Å²) < 4.78 is 24.2. The molecule has 6 nitrogen and oxygen atoms in total. The number of hydrogen-bond acceptors (Lipinski definition) is 6. The third kappa shape index (κ3) is 4.54. The fourth-order valence-electron chi connectivity index (χ4n) is 3.86. The van der Waals surface area contributed by atoms with Gasteiger partial charge < -0.3 is 14.4 Å². The fraction of sp³-hybridized carbons (Fsp3) is 0.192. The van der Waals surface area contributed by atoms with Crippen LogP contribution in [-0.4, -0.2) is 40.1 Å². The number of carbonyl (C=O) groups is 1. The fourth-order valence-corrected chi connectivity index (χ4v) is 4.74. The van der Waals surface area contributed by atoms with Gasteiger partial charge in [0.2, 0.25) is 12.7 Å². The van der Waals surface area contributed by atoms with Crippen molar-refractivity contribution in [1.82, 2.24) is 15.1 Å². The molecule has 34 heavy (non-hydrogen) atoms. The first-order valence-corrected chi connectivity index (χ1v) is 11.9. The van der Waals surface area contributed by atoms with Crippen LogP contribution in [0.4, 0.5) is 4.39 Å². The molecule has 0 radical (unpaired) electrons. The average molecular weight is 476 g/mol. The highest BCUT2D eigenvalue weighted by atomic mass is 32.2. The second kappa shape index (κ2) is 9.69. The lowest BCUT2D eigenvalue weighted by Gasteiger charge is -2.21. The maximum absolute atomic E-state index is 13.4. The van der Waals surface area contributed by atoms with Gasteiger partial charge in [-0.05, 0) is 48.9 Å². The van der Waals surface area contributed by atoms with Gasteiger partial charge in [-0.1, -0.05) is 42.1 Å². The molecule has 1 amide bonds. The zero-order valence-electron chi connectivity index (χ0n) is 18.5. The van der Waals surface area contributed by atoms with E-state index in [0.717, 1.165) is 27.6 Å². The summed E-state index contributed by atoms with van der Waals surface area (Å²) in [5.41, 5.74) is 2.46. The van der Waals surface area contributed by atoms with Crippen LogP contribution in [0.15, 0.2) is 71.8 Å². The molecule has 4 aromatic rings. The molecule has 0 unspecified atom stereocenters. The van der Waals surface area contributed by atoms with Crippen LogP contribution in [0.3, 0.4) is 0 Å². The van der Waals surface area contributed by atoms with Crippen molar-refractivity contribution in [2.75, 3.05) is 19.1 Å². The van der Waals surface area contributed by atoms with Crippen molar-refractivity contribution in [2.45, 2.75) is 18.5 Å². The average Bonchev–Trinajstić information content (AvgIpc) is 3.34. The van der Waals surface area contributed by atoms with E-state index in [1.807, 2.05) is 49.4 Å². The van der Waals surface area contributed by atoms with Crippen molar-refractivity contribution in [2.24, 2.45) is 0 Å². The van der Waals surface area contributed by atoms with E-state index in [2.05, 4.69) is 10.2 Å². The molecule has 0 fully saturated rings. The number of amides is 1. The van der Waals surface area contributed by atoms with Gasteiger partial charge in [0.1, 0.15) is 16.5 Å². The zero-order valence-corrected chi connectivity index (χ0v) is 19.3. The van der Waals surface area contributed by atoms with Crippen molar-refractivity contribution in [3.05, 3.63) is 78.1 Å². The van der Waals surface area contributed by atoms with Crippen LogP contribution in [0.5, 0.6) is 11.5 Å². The van der Waals surface area contributed by atoms with Gasteiger partial charge in [-0.2, -0.15) is 0 Å². The molecule has 172 valence electrons. The van der Waals surface area contributed by atoms with E-state index in [1.54, 1.807) is 17.0 Å². The summed E-state index contributed by atoms with van der Waals surface area (Å²) in [5, 5.41) is 11.3. The molecule has 2 heterocycles. The van der Waals surface area contributed by atoms with E-state index < -0.39 is 0 Å². The molecule has 3 aromatic carbocycles. The van der Waals surface area contributed by atoms with Gasteiger partial charge in [0.25, 0.3) is 0 Å². The third-order valence-electron chi connectivity index (χ3n) is 5.65. The number of aromatic nitrogens is 2. The summed E-state index contributed by atoms with van der Waals surface area (Å²) in [6.07, 6.45) is 0. The number of halogens is 1. The molecule has 0 bridgehead atoms.